The third kappa shape index (κ3) is 4.20. The Hall–Kier alpha value is -3.84. The van der Waals surface area contributed by atoms with Crippen LogP contribution in [0.3, 0.4) is 0 Å². The molecule has 0 radical (unpaired) electrons. The van der Waals surface area contributed by atoms with E-state index < -0.39 is 4.92 Å². The molecule has 4 aromatic rings. The number of hydrogen-bond donors (Lipinski definition) is 1. The lowest BCUT2D eigenvalue weighted by molar-refractivity contribution is -0.384. The molecule has 29 heavy (non-hydrogen) atoms. The molecule has 0 saturated heterocycles. The zero-order valence-electron chi connectivity index (χ0n) is 15.0. The predicted molar refractivity (Wildman–Crippen MR) is 114 cm³/mol. The van der Waals surface area contributed by atoms with Crippen LogP contribution in [0.15, 0.2) is 78.0 Å². The summed E-state index contributed by atoms with van der Waals surface area (Å²) in [5, 5.41) is 16.5. The first-order valence-corrected chi connectivity index (χ1v) is 9.03. The van der Waals surface area contributed by atoms with Gasteiger partial charge in [-0.1, -0.05) is 23.7 Å². The highest BCUT2D eigenvalue weighted by Crippen LogP contribution is 2.31. The molecule has 2 aromatic heterocycles. The van der Waals surface area contributed by atoms with E-state index in [1.54, 1.807) is 30.6 Å². The molecule has 0 aliphatic carbocycles. The van der Waals surface area contributed by atoms with E-state index in [1.807, 2.05) is 36.4 Å². The second-order valence-electron chi connectivity index (χ2n) is 6.16. The molecule has 2 heterocycles. The fraction of sp³-hybridized carbons (Fsp3) is 0. The third-order valence-corrected chi connectivity index (χ3v) is 4.45. The lowest BCUT2D eigenvalue weighted by Gasteiger charge is -2.10. The number of non-ortho nitro benzene ring substituents is 1. The summed E-state index contributed by atoms with van der Waals surface area (Å²) in [6.07, 6.45) is 3.24. The molecule has 0 spiro atoms. The third-order valence-electron chi connectivity index (χ3n) is 4.21. The molecule has 0 aliphatic heterocycles. The van der Waals surface area contributed by atoms with Crippen molar-refractivity contribution in [3.05, 3.63) is 93.6 Å². The maximum absolute atomic E-state index is 10.8. The average molecular weight is 404 g/mol. The van der Waals surface area contributed by atoms with Gasteiger partial charge in [0.1, 0.15) is 0 Å². The second-order valence-corrected chi connectivity index (χ2v) is 6.60. The number of hydrogen-bond acceptors (Lipinski definition) is 6. The van der Waals surface area contributed by atoms with Crippen LogP contribution in [0.1, 0.15) is 5.56 Å². The summed E-state index contributed by atoms with van der Waals surface area (Å²) in [6, 6.07) is 19.3. The van der Waals surface area contributed by atoms with Crippen molar-refractivity contribution in [1.29, 1.82) is 0 Å². The Morgan fingerprint density at radius 2 is 1.90 bits per heavy atom. The minimum Gasteiger partial charge on any atom is -0.261 e. The maximum Gasteiger partial charge on any atom is 0.269 e. The van der Waals surface area contributed by atoms with Gasteiger partial charge in [0.15, 0.2) is 11.5 Å². The van der Waals surface area contributed by atoms with Gasteiger partial charge in [-0.2, -0.15) is 5.10 Å². The van der Waals surface area contributed by atoms with Gasteiger partial charge in [0.25, 0.3) is 5.69 Å². The van der Waals surface area contributed by atoms with Crippen LogP contribution in [-0.4, -0.2) is 21.1 Å². The van der Waals surface area contributed by atoms with Crippen LogP contribution < -0.4 is 5.43 Å². The highest BCUT2D eigenvalue weighted by Gasteiger charge is 2.10. The smallest absolute Gasteiger partial charge is 0.261 e. The van der Waals surface area contributed by atoms with Crippen LogP contribution in [-0.2, 0) is 0 Å². The van der Waals surface area contributed by atoms with Gasteiger partial charge in [0, 0.05) is 34.3 Å². The molecule has 0 atom stereocenters. The van der Waals surface area contributed by atoms with Crippen molar-refractivity contribution >= 4 is 40.4 Å². The quantitative estimate of drug-likeness (QED) is 0.277. The Labute approximate surface area is 170 Å². The first-order valence-electron chi connectivity index (χ1n) is 8.65. The molecule has 0 saturated carbocycles. The number of halogens is 1. The van der Waals surface area contributed by atoms with Gasteiger partial charge in [0.2, 0.25) is 0 Å². The standard InChI is InChI=1S/C21H14ClN5O2/c22-17-5-1-3-15(11-17)19-12-16-4-2-10-23-20(16)25-21(19)26-24-13-14-6-8-18(9-7-14)27(28)29/h1-13H,(H,23,25,26)/b24-13-. The van der Waals surface area contributed by atoms with Crippen LogP contribution in [0.25, 0.3) is 22.2 Å². The Morgan fingerprint density at radius 1 is 1.07 bits per heavy atom. The first-order chi connectivity index (χ1) is 14.1. The zero-order chi connectivity index (χ0) is 20.2. The molecule has 4 rings (SSSR count). The minimum absolute atomic E-state index is 0.0284. The second kappa shape index (κ2) is 8.04. The highest BCUT2D eigenvalue weighted by atomic mass is 35.5. The van der Waals surface area contributed by atoms with Crippen LogP contribution in [0, 0.1) is 10.1 Å². The number of benzene rings is 2. The molecule has 142 valence electrons. The molecule has 0 fully saturated rings. The summed E-state index contributed by atoms with van der Waals surface area (Å²) < 4.78 is 0. The van der Waals surface area contributed by atoms with Crippen molar-refractivity contribution in [2.75, 3.05) is 5.43 Å². The number of aromatic nitrogens is 2. The molecule has 8 heteroatoms. The Kier molecular flexibility index (Phi) is 5.13. The normalized spacial score (nSPS) is 11.1. The SMILES string of the molecule is O=[N+]([O-])c1ccc(/C=N\Nc2nc3ncccc3cc2-c2cccc(Cl)c2)cc1. The van der Waals surface area contributed by atoms with Gasteiger partial charge in [-0.3, -0.25) is 15.5 Å². The molecule has 2 aromatic carbocycles. The Morgan fingerprint density at radius 3 is 2.66 bits per heavy atom. The number of rotatable bonds is 5. The topological polar surface area (TPSA) is 93.3 Å². The molecule has 7 nitrogen and oxygen atoms in total. The van der Waals surface area contributed by atoms with Crippen molar-refractivity contribution in [3.63, 3.8) is 0 Å². The molecule has 0 aliphatic rings. The molecular formula is C21H14ClN5O2. The fourth-order valence-corrected chi connectivity index (χ4v) is 3.01. The monoisotopic (exact) mass is 403 g/mol. The zero-order valence-corrected chi connectivity index (χ0v) is 15.7. The van der Waals surface area contributed by atoms with Crippen molar-refractivity contribution in [1.82, 2.24) is 9.97 Å². The van der Waals surface area contributed by atoms with E-state index in [0.717, 1.165) is 16.5 Å². The maximum atomic E-state index is 10.8. The van der Waals surface area contributed by atoms with Gasteiger partial charge in [-0.15, -0.1) is 0 Å². The summed E-state index contributed by atoms with van der Waals surface area (Å²) in [5.41, 5.74) is 6.00. The number of nitrogens with one attached hydrogen (secondary N) is 1. The predicted octanol–water partition coefficient (Wildman–Crippen LogP) is 5.30. The molecule has 0 bridgehead atoms. The number of nitro benzene ring substituents is 1. The van der Waals surface area contributed by atoms with E-state index in [0.29, 0.717) is 22.1 Å². The largest absolute Gasteiger partial charge is 0.269 e. The Balaban J connectivity index is 1.68. The summed E-state index contributed by atoms with van der Waals surface area (Å²) in [5.74, 6) is 0.525. The minimum atomic E-state index is -0.442. The van der Waals surface area contributed by atoms with E-state index in [1.165, 1.54) is 12.1 Å². The van der Waals surface area contributed by atoms with Crippen LogP contribution in [0.4, 0.5) is 11.5 Å². The van der Waals surface area contributed by atoms with E-state index in [2.05, 4.69) is 20.5 Å². The van der Waals surface area contributed by atoms with Crippen molar-refractivity contribution in [2.45, 2.75) is 0 Å². The lowest BCUT2D eigenvalue weighted by Crippen LogP contribution is -1.98. The number of nitro groups is 1. The number of pyridine rings is 2. The summed E-state index contributed by atoms with van der Waals surface area (Å²) in [6.45, 7) is 0. The summed E-state index contributed by atoms with van der Waals surface area (Å²) in [7, 11) is 0. The van der Waals surface area contributed by atoms with Crippen molar-refractivity contribution in [3.8, 4) is 11.1 Å². The molecule has 0 amide bonds. The van der Waals surface area contributed by atoms with E-state index >= 15 is 0 Å². The van der Waals surface area contributed by atoms with Gasteiger partial charge in [-0.25, -0.2) is 9.97 Å². The molecule has 1 N–H and O–H groups in total. The lowest BCUT2D eigenvalue weighted by atomic mass is 10.1. The van der Waals surface area contributed by atoms with Crippen LogP contribution >= 0.6 is 11.6 Å². The van der Waals surface area contributed by atoms with Crippen LogP contribution in [0.2, 0.25) is 5.02 Å². The number of hydrazone groups is 1. The first kappa shape index (κ1) is 18.5. The number of fused-ring (bicyclic) bond motifs is 1. The molecular weight excluding hydrogens is 390 g/mol. The highest BCUT2D eigenvalue weighted by molar-refractivity contribution is 6.30. The summed E-state index contributed by atoms with van der Waals surface area (Å²) in [4.78, 5) is 19.2. The van der Waals surface area contributed by atoms with Crippen LogP contribution in [0.5, 0.6) is 0 Å². The fourth-order valence-electron chi connectivity index (χ4n) is 2.82. The van der Waals surface area contributed by atoms with Gasteiger partial charge in [-0.05, 0) is 53.6 Å². The van der Waals surface area contributed by atoms with Crippen molar-refractivity contribution in [2.24, 2.45) is 5.10 Å². The van der Waals surface area contributed by atoms with Gasteiger partial charge < -0.3 is 0 Å². The Bertz CT molecular complexity index is 1230. The van der Waals surface area contributed by atoms with Gasteiger partial charge in [0.05, 0.1) is 11.1 Å². The molecule has 0 unspecified atom stereocenters. The average Bonchev–Trinajstić information content (AvgIpc) is 2.73. The van der Waals surface area contributed by atoms with E-state index in [4.69, 9.17) is 11.6 Å². The van der Waals surface area contributed by atoms with Gasteiger partial charge >= 0.3 is 0 Å². The summed E-state index contributed by atoms with van der Waals surface area (Å²) >= 11 is 6.15. The van der Waals surface area contributed by atoms with E-state index in [9.17, 15) is 10.1 Å². The van der Waals surface area contributed by atoms with Crippen molar-refractivity contribution < 1.29 is 4.92 Å². The number of anilines is 1. The number of nitrogens with zero attached hydrogens (tertiary/aromatic N) is 4. The van der Waals surface area contributed by atoms with E-state index in [-0.39, 0.29) is 5.69 Å².